The van der Waals surface area contributed by atoms with Gasteiger partial charge in [-0.1, -0.05) is 28.1 Å². The van der Waals surface area contributed by atoms with Crippen LogP contribution in [-0.4, -0.2) is 45.3 Å². The SMILES string of the molecule is COC(=O)C1=C(C(=O)OC)N(c2ccc(Br)cc2C(=O)c2ccccc2F)COC1. The van der Waals surface area contributed by atoms with E-state index in [4.69, 9.17) is 14.2 Å². The highest BCUT2D eigenvalue weighted by Gasteiger charge is 2.34. The lowest BCUT2D eigenvalue weighted by atomic mass is 9.99. The van der Waals surface area contributed by atoms with E-state index in [-0.39, 0.29) is 41.4 Å². The molecule has 0 bridgehead atoms. The summed E-state index contributed by atoms with van der Waals surface area (Å²) in [5.74, 6) is -2.84. The monoisotopic (exact) mass is 477 g/mol. The van der Waals surface area contributed by atoms with Gasteiger partial charge in [0.05, 0.1) is 37.7 Å². The molecule has 0 fully saturated rings. The molecule has 156 valence electrons. The van der Waals surface area contributed by atoms with Crippen LogP contribution in [0.15, 0.2) is 58.2 Å². The molecule has 0 unspecified atom stereocenters. The molecule has 1 aliphatic heterocycles. The summed E-state index contributed by atoms with van der Waals surface area (Å²) < 4.78 is 29.9. The lowest BCUT2D eigenvalue weighted by molar-refractivity contribution is -0.140. The van der Waals surface area contributed by atoms with Crippen molar-refractivity contribution in [3.05, 3.63) is 75.2 Å². The molecule has 7 nitrogen and oxygen atoms in total. The molecule has 0 spiro atoms. The number of ether oxygens (including phenoxy) is 3. The minimum atomic E-state index is -0.800. The number of benzene rings is 2. The Balaban J connectivity index is 2.20. The normalized spacial score (nSPS) is 13.8. The molecule has 0 saturated heterocycles. The van der Waals surface area contributed by atoms with Crippen molar-refractivity contribution in [2.45, 2.75) is 0 Å². The fourth-order valence-electron chi connectivity index (χ4n) is 3.05. The van der Waals surface area contributed by atoms with Crippen LogP contribution < -0.4 is 4.90 Å². The summed E-state index contributed by atoms with van der Waals surface area (Å²) in [6.45, 7) is -0.301. The molecule has 0 radical (unpaired) electrons. The zero-order valence-corrected chi connectivity index (χ0v) is 17.7. The molecule has 2 aromatic carbocycles. The number of esters is 2. The van der Waals surface area contributed by atoms with Gasteiger partial charge in [-0.2, -0.15) is 0 Å². The number of hydrogen-bond donors (Lipinski definition) is 0. The molecule has 0 aliphatic carbocycles. The van der Waals surface area contributed by atoms with E-state index in [1.165, 1.54) is 43.4 Å². The number of carbonyl (C=O) groups is 3. The van der Waals surface area contributed by atoms with Gasteiger partial charge in [-0.15, -0.1) is 0 Å². The van der Waals surface area contributed by atoms with Crippen molar-refractivity contribution in [3.63, 3.8) is 0 Å². The first-order valence-corrected chi connectivity index (χ1v) is 9.52. The lowest BCUT2D eigenvalue weighted by Gasteiger charge is -2.32. The van der Waals surface area contributed by atoms with E-state index >= 15 is 0 Å². The number of methoxy groups -OCH3 is 2. The van der Waals surface area contributed by atoms with Crippen LogP contribution in [-0.2, 0) is 23.8 Å². The smallest absolute Gasteiger partial charge is 0.355 e. The second kappa shape index (κ2) is 9.19. The fraction of sp³-hybridized carbons (Fsp3) is 0.190. The molecule has 0 saturated carbocycles. The van der Waals surface area contributed by atoms with Crippen molar-refractivity contribution in [1.82, 2.24) is 0 Å². The van der Waals surface area contributed by atoms with E-state index in [0.29, 0.717) is 4.47 Å². The topological polar surface area (TPSA) is 82.1 Å². The third-order valence-corrected chi connectivity index (χ3v) is 4.94. The Morgan fingerprint density at radius 3 is 2.40 bits per heavy atom. The van der Waals surface area contributed by atoms with Crippen LogP contribution in [0.1, 0.15) is 15.9 Å². The van der Waals surface area contributed by atoms with Gasteiger partial charge in [0.15, 0.2) is 5.78 Å². The summed E-state index contributed by atoms with van der Waals surface area (Å²) in [7, 11) is 2.35. The van der Waals surface area contributed by atoms with Crippen molar-refractivity contribution in [2.75, 3.05) is 32.5 Å². The fourth-order valence-corrected chi connectivity index (χ4v) is 3.41. The van der Waals surface area contributed by atoms with E-state index in [2.05, 4.69) is 15.9 Å². The number of hydrogen-bond acceptors (Lipinski definition) is 7. The summed E-state index contributed by atoms with van der Waals surface area (Å²) in [5.41, 5.74) is 0.0495. The van der Waals surface area contributed by atoms with E-state index in [9.17, 15) is 18.8 Å². The highest BCUT2D eigenvalue weighted by molar-refractivity contribution is 9.10. The highest BCUT2D eigenvalue weighted by atomic mass is 79.9. The summed E-state index contributed by atoms with van der Waals surface area (Å²) in [6, 6.07) is 10.3. The van der Waals surface area contributed by atoms with Crippen molar-refractivity contribution < 1.29 is 33.0 Å². The highest BCUT2D eigenvalue weighted by Crippen LogP contribution is 2.33. The molecule has 0 aromatic heterocycles. The standard InChI is InChI=1S/C21H17BrFNO6/c1-28-20(26)15-10-30-11-24(18(15)21(27)29-2)17-8-7-12(22)9-14(17)19(25)13-5-3-4-6-16(13)23/h3-9H,10-11H2,1-2H3. The van der Waals surface area contributed by atoms with Crippen molar-refractivity contribution in [3.8, 4) is 0 Å². The van der Waals surface area contributed by atoms with E-state index in [1.807, 2.05) is 0 Å². The van der Waals surface area contributed by atoms with E-state index in [1.54, 1.807) is 18.2 Å². The zero-order chi connectivity index (χ0) is 21.8. The molecule has 9 heteroatoms. The second-order valence-corrected chi connectivity index (χ2v) is 7.10. The van der Waals surface area contributed by atoms with Gasteiger partial charge in [0.25, 0.3) is 0 Å². The first-order valence-electron chi connectivity index (χ1n) is 8.72. The number of carbonyl (C=O) groups excluding carboxylic acids is 3. The van der Waals surface area contributed by atoms with Gasteiger partial charge in [-0.25, -0.2) is 14.0 Å². The quantitative estimate of drug-likeness (QED) is 0.482. The molecule has 0 amide bonds. The lowest BCUT2D eigenvalue weighted by Crippen LogP contribution is -2.39. The Morgan fingerprint density at radius 1 is 1.03 bits per heavy atom. The van der Waals surface area contributed by atoms with Gasteiger partial charge in [-0.05, 0) is 30.3 Å². The third kappa shape index (κ3) is 4.12. The van der Waals surface area contributed by atoms with Crippen molar-refractivity contribution >= 4 is 39.3 Å². The maximum Gasteiger partial charge on any atom is 0.355 e. The summed E-state index contributed by atoms with van der Waals surface area (Å²) in [6.07, 6.45) is 0. The van der Waals surface area contributed by atoms with E-state index in [0.717, 1.165) is 0 Å². The van der Waals surface area contributed by atoms with E-state index < -0.39 is 23.5 Å². The molecule has 2 aromatic rings. The Hall–Kier alpha value is -3.04. The summed E-state index contributed by atoms with van der Waals surface area (Å²) >= 11 is 3.31. The minimum absolute atomic E-state index is 0.0530. The van der Waals surface area contributed by atoms with Crippen LogP contribution in [0.4, 0.5) is 10.1 Å². The molecule has 30 heavy (non-hydrogen) atoms. The average molecular weight is 478 g/mol. The summed E-state index contributed by atoms with van der Waals surface area (Å²) in [5, 5.41) is 0. The van der Waals surface area contributed by atoms with Crippen LogP contribution in [0.3, 0.4) is 0 Å². The first-order chi connectivity index (χ1) is 14.4. The predicted octanol–water partition coefficient (Wildman–Crippen LogP) is 3.21. The van der Waals surface area contributed by atoms with Crippen LogP contribution in [0.2, 0.25) is 0 Å². The van der Waals surface area contributed by atoms with Gasteiger partial charge in [0.2, 0.25) is 0 Å². The van der Waals surface area contributed by atoms with Crippen LogP contribution >= 0.6 is 15.9 Å². The number of ketones is 1. The van der Waals surface area contributed by atoms with Crippen LogP contribution in [0.25, 0.3) is 0 Å². The van der Waals surface area contributed by atoms with Crippen molar-refractivity contribution in [2.24, 2.45) is 0 Å². The molecular formula is C21H17BrFNO6. The Morgan fingerprint density at radius 2 is 1.73 bits per heavy atom. The minimum Gasteiger partial charge on any atom is -0.466 e. The first kappa shape index (κ1) is 21.7. The zero-order valence-electron chi connectivity index (χ0n) is 16.1. The predicted molar refractivity (Wildman–Crippen MR) is 108 cm³/mol. The van der Waals surface area contributed by atoms with Gasteiger partial charge >= 0.3 is 11.9 Å². The largest absolute Gasteiger partial charge is 0.466 e. The Bertz CT molecular complexity index is 1050. The number of rotatable bonds is 5. The molecule has 0 N–H and O–H groups in total. The Labute approximate surface area is 180 Å². The number of halogens is 2. The molecule has 3 rings (SSSR count). The number of anilines is 1. The summed E-state index contributed by atoms with van der Waals surface area (Å²) in [4.78, 5) is 39.2. The maximum atomic E-state index is 14.3. The third-order valence-electron chi connectivity index (χ3n) is 4.45. The van der Waals surface area contributed by atoms with Gasteiger partial charge in [-0.3, -0.25) is 4.79 Å². The van der Waals surface area contributed by atoms with Crippen LogP contribution in [0.5, 0.6) is 0 Å². The van der Waals surface area contributed by atoms with Crippen molar-refractivity contribution in [1.29, 1.82) is 0 Å². The number of nitrogens with zero attached hydrogens (tertiary/aromatic N) is 1. The average Bonchev–Trinajstić information content (AvgIpc) is 2.77. The van der Waals surface area contributed by atoms with Gasteiger partial charge in [0, 0.05) is 10.0 Å². The molecule has 0 atom stereocenters. The van der Waals surface area contributed by atoms with Gasteiger partial charge < -0.3 is 19.1 Å². The maximum absolute atomic E-state index is 14.3. The Kier molecular flexibility index (Phi) is 6.63. The second-order valence-electron chi connectivity index (χ2n) is 6.19. The molecule has 1 aliphatic rings. The molecular weight excluding hydrogens is 461 g/mol. The molecule has 1 heterocycles. The van der Waals surface area contributed by atoms with Crippen LogP contribution in [0, 0.1) is 5.82 Å². The van der Waals surface area contributed by atoms with Gasteiger partial charge in [0.1, 0.15) is 18.2 Å².